The van der Waals surface area contributed by atoms with Gasteiger partial charge >= 0.3 is 0 Å². The summed E-state index contributed by atoms with van der Waals surface area (Å²) in [5, 5.41) is 9.62. The molecule has 0 radical (unpaired) electrons. The zero-order valence-electron chi connectivity index (χ0n) is 15.3. The largest absolute Gasteiger partial charge is 0.481 e. The number of aromatic nitrogens is 1. The van der Waals surface area contributed by atoms with Crippen molar-refractivity contribution in [3.8, 4) is 5.88 Å². The van der Waals surface area contributed by atoms with Gasteiger partial charge < -0.3 is 19.6 Å². The SMILES string of the molecule is COc1cc(C(=O)N2CCCN(C(=O)C3CCC(O)CC3)CC2)ccn1. The van der Waals surface area contributed by atoms with Crippen molar-refractivity contribution in [1.82, 2.24) is 14.8 Å². The van der Waals surface area contributed by atoms with E-state index in [1.54, 1.807) is 23.2 Å². The van der Waals surface area contributed by atoms with E-state index >= 15 is 0 Å². The van der Waals surface area contributed by atoms with E-state index in [1.165, 1.54) is 7.11 Å². The zero-order valence-corrected chi connectivity index (χ0v) is 15.3. The molecule has 2 fully saturated rings. The average Bonchev–Trinajstić information content (AvgIpc) is 2.93. The van der Waals surface area contributed by atoms with Gasteiger partial charge in [0.05, 0.1) is 13.2 Å². The predicted octanol–water partition coefficient (Wildman–Crippen LogP) is 1.32. The Balaban J connectivity index is 1.59. The van der Waals surface area contributed by atoms with Crippen molar-refractivity contribution in [1.29, 1.82) is 0 Å². The molecule has 2 aliphatic rings. The number of nitrogens with zero attached hydrogens (tertiary/aromatic N) is 3. The molecule has 2 heterocycles. The van der Waals surface area contributed by atoms with Crippen molar-refractivity contribution >= 4 is 11.8 Å². The van der Waals surface area contributed by atoms with Gasteiger partial charge in [0.2, 0.25) is 11.8 Å². The summed E-state index contributed by atoms with van der Waals surface area (Å²) in [6, 6.07) is 3.33. The zero-order chi connectivity index (χ0) is 18.5. The quantitative estimate of drug-likeness (QED) is 0.878. The van der Waals surface area contributed by atoms with Crippen molar-refractivity contribution in [2.75, 3.05) is 33.3 Å². The minimum Gasteiger partial charge on any atom is -0.481 e. The van der Waals surface area contributed by atoms with Gasteiger partial charge in [-0.3, -0.25) is 9.59 Å². The fourth-order valence-electron chi connectivity index (χ4n) is 3.76. The summed E-state index contributed by atoms with van der Waals surface area (Å²) >= 11 is 0. The smallest absolute Gasteiger partial charge is 0.254 e. The molecule has 1 saturated carbocycles. The number of hydrogen-bond donors (Lipinski definition) is 1. The first-order chi connectivity index (χ1) is 12.6. The van der Waals surface area contributed by atoms with Crippen LogP contribution in [0.4, 0.5) is 0 Å². The number of carbonyl (C=O) groups excluding carboxylic acids is 2. The van der Waals surface area contributed by atoms with Crippen LogP contribution in [-0.4, -0.2) is 71.1 Å². The van der Waals surface area contributed by atoms with Gasteiger partial charge in [0.25, 0.3) is 5.91 Å². The molecule has 0 spiro atoms. The van der Waals surface area contributed by atoms with Gasteiger partial charge in [-0.2, -0.15) is 0 Å². The van der Waals surface area contributed by atoms with Crippen LogP contribution in [-0.2, 0) is 4.79 Å². The predicted molar refractivity (Wildman–Crippen MR) is 95.9 cm³/mol. The van der Waals surface area contributed by atoms with Crippen LogP contribution in [0.1, 0.15) is 42.5 Å². The van der Waals surface area contributed by atoms with Gasteiger partial charge in [-0.1, -0.05) is 0 Å². The number of methoxy groups -OCH3 is 1. The maximum Gasteiger partial charge on any atom is 0.254 e. The Bertz CT molecular complexity index is 643. The van der Waals surface area contributed by atoms with Gasteiger partial charge in [-0.25, -0.2) is 4.98 Å². The van der Waals surface area contributed by atoms with Crippen LogP contribution in [0.15, 0.2) is 18.3 Å². The van der Waals surface area contributed by atoms with Crippen LogP contribution in [0.25, 0.3) is 0 Å². The molecule has 2 amide bonds. The lowest BCUT2D eigenvalue weighted by atomic mass is 9.86. The molecule has 1 aromatic rings. The topological polar surface area (TPSA) is 83.0 Å². The number of aliphatic hydroxyl groups excluding tert-OH is 1. The second-order valence-corrected chi connectivity index (χ2v) is 7.06. The Morgan fingerprint density at radius 1 is 1.12 bits per heavy atom. The van der Waals surface area contributed by atoms with Crippen LogP contribution in [0.3, 0.4) is 0 Å². The number of aliphatic hydroxyl groups is 1. The Labute approximate surface area is 153 Å². The van der Waals surface area contributed by atoms with Crippen LogP contribution in [0.2, 0.25) is 0 Å². The Hall–Kier alpha value is -2.15. The minimum absolute atomic E-state index is 0.0186. The summed E-state index contributed by atoms with van der Waals surface area (Å²) in [6.45, 7) is 2.41. The van der Waals surface area contributed by atoms with Crippen LogP contribution < -0.4 is 4.74 Å². The molecule has 1 saturated heterocycles. The lowest BCUT2D eigenvalue weighted by Gasteiger charge is -2.30. The van der Waals surface area contributed by atoms with Crippen molar-refractivity contribution in [2.45, 2.75) is 38.2 Å². The van der Waals surface area contributed by atoms with Gasteiger partial charge in [-0.05, 0) is 38.2 Å². The van der Waals surface area contributed by atoms with Crippen LogP contribution >= 0.6 is 0 Å². The van der Waals surface area contributed by atoms with E-state index in [1.807, 2.05) is 4.90 Å². The van der Waals surface area contributed by atoms with Gasteiger partial charge in [0.1, 0.15) is 0 Å². The summed E-state index contributed by atoms with van der Waals surface area (Å²) in [4.78, 5) is 33.2. The van der Waals surface area contributed by atoms with Gasteiger partial charge in [-0.15, -0.1) is 0 Å². The minimum atomic E-state index is -0.256. The molecule has 142 valence electrons. The summed E-state index contributed by atoms with van der Waals surface area (Å²) in [6.07, 6.45) is 5.02. The molecule has 0 bridgehead atoms. The Morgan fingerprint density at radius 3 is 2.54 bits per heavy atom. The highest BCUT2D eigenvalue weighted by Crippen LogP contribution is 2.26. The third-order valence-corrected chi connectivity index (χ3v) is 5.33. The second-order valence-electron chi connectivity index (χ2n) is 7.06. The third-order valence-electron chi connectivity index (χ3n) is 5.33. The van der Waals surface area contributed by atoms with E-state index in [2.05, 4.69) is 4.98 Å². The lowest BCUT2D eigenvalue weighted by Crippen LogP contribution is -2.41. The number of hydrogen-bond acceptors (Lipinski definition) is 5. The Kier molecular flexibility index (Phi) is 6.08. The maximum atomic E-state index is 12.8. The number of carbonyl (C=O) groups is 2. The number of rotatable bonds is 3. The van der Waals surface area contributed by atoms with Crippen molar-refractivity contribution < 1.29 is 19.4 Å². The van der Waals surface area contributed by atoms with Crippen molar-refractivity contribution in [2.24, 2.45) is 5.92 Å². The molecule has 1 N–H and O–H groups in total. The summed E-state index contributed by atoms with van der Waals surface area (Å²) in [5.74, 6) is 0.560. The third kappa shape index (κ3) is 4.33. The standard InChI is InChI=1S/C19H27N3O4/c1-26-17-13-15(7-8-20-17)19(25)22-10-2-9-21(11-12-22)18(24)14-3-5-16(23)6-4-14/h7-8,13-14,16,23H,2-6,9-12H2,1H3. The molecule has 0 aromatic carbocycles. The molecule has 1 aromatic heterocycles. The average molecular weight is 361 g/mol. The Morgan fingerprint density at radius 2 is 1.81 bits per heavy atom. The highest BCUT2D eigenvalue weighted by molar-refractivity contribution is 5.94. The number of amides is 2. The number of ether oxygens (including phenoxy) is 1. The number of pyridine rings is 1. The van der Waals surface area contributed by atoms with E-state index < -0.39 is 0 Å². The first kappa shape index (κ1) is 18.6. The summed E-state index contributed by atoms with van der Waals surface area (Å²) in [7, 11) is 1.52. The highest BCUT2D eigenvalue weighted by Gasteiger charge is 2.30. The van der Waals surface area contributed by atoms with E-state index in [0.29, 0.717) is 50.5 Å². The van der Waals surface area contributed by atoms with E-state index in [-0.39, 0.29) is 23.8 Å². The van der Waals surface area contributed by atoms with Crippen molar-refractivity contribution in [3.05, 3.63) is 23.9 Å². The summed E-state index contributed by atoms with van der Waals surface area (Å²) in [5.41, 5.74) is 0.554. The fraction of sp³-hybridized carbons (Fsp3) is 0.632. The maximum absolute atomic E-state index is 12.8. The molecule has 0 unspecified atom stereocenters. The molecule has 7 nitrogen and oxygen atoms in total. The molecule has 7 heteroatoms. The molecule has 3 rings (SSSR count). The fourth-order valence-corrected chi connectivity index (χ4v) is 3.76. The van der Waals surface area contributed by atoms with Gasteiger partial charge in [0, 0.05) is 49.9 Å². The van der Waals surface area contributed by atoms with E-state index in [4.69, 9.17) is 4.74 Å². The molecule has 26 heavy (non-hydrogen) atoms. The molecular weight excluding hydrogens is 334 g/mol. The summed E-state index contributed by atoms with van der Waals surface area (Å²) < 4.78 is 5.09. The first-order valence-electron chi connectivity index (χ1n) is 9.34. The normalized spacial score (nSPS) is 24.1. The van der Waals surface area contributed by atoms with Crippen LogP contribution in [0.5, 0.6) is 5.88 Å². The van der Waals surface area contributed by atoms with Gasteiger partial charge in [0.15, 0.2) is 0 Å². The highest BCUT2D eigenvalue weighted by atomic mass is 16.5. The molecule has 0 atom stereocenters. The molecule has 1 aliphatic heterocycles. The molecular formula is C19H27N3O4. The van der Waals surface area contributed by atoms with E-state index in [0.717, 1.165) is 19.3 Å². The van der Waals surface area contributed by atoms with E-state index in [9.17, 15) is 14.7 Å². The lowest BCUT2D eigenvalue weighted by molar-refractivity contribution is -0.137. The van der Waals surface area contributed by atoms with Crippen LogP contribution in [0, 0.1) is 5.92 Å². The monoisotopic (exact) mass is 361 g/mol. The molecule has 1 aliphatic carbocycles. The first-order valence-corrected chi connectivity index (χ1v) is 9.34. The van der Waals surface area contributed by atoms with Crippen molar-refractivity contribution in [3.63, 3.8) is 0 Å². The second kappa shape index (κ2) is 8.49.